The van der Waals surface area contributed by atoms with Gasteiger partial charge in [-0.3, -0.25) is 14.9 Å². The molecule has 21 heavy (non-hydrogen) atoms. The van der Waals surface area contributed by atoms with Gasteiger partial charge in [-0.2, -0.15) is 0 Å². The number of rotatable bonds is 5. The third-order valence-electron chi connectivity index (χ3n) is 2.85. The van der Waals surface area contributed by atoms with Crippen LogP contribution in [-0.4, -0.2) is 25.6 Å². The van der Waals surface area contributed by atoms with Gasteiger partial charge in [0.2, 0.25) is 0 Å². The third-order valence-corrected chi connectivity index (χ3v) is 3.52. The van der Waals surface area contributed by atoms with Crippen LogP contribution in [0.25, 0.3) is 0 Å². The number of benzene rings is 1. The second kappa shape index (κ2) is 6.44. The number of amides is 1. The number of nitro groups is 1. The maximum absolute atomic E-state index is 12.0. The molecule has 1 N–H and O–H groups in total. The number of aryl methyl sites for hydroxylation is 1. The van der Waals surface area contributed by atoms with E-state index < -0.39 is 10.8 Å². The van der Waals surface area contributed by atoms with Gasteiger partial charge in [-0.15, -0.1) is 10.2 Å². The predicted octanol–water partition coefficient (Wildman–Crippen LogP) is 1.90. The molecule has 2 aromatic rings. The van der Waals surface area contributed by atoms with Crippen molar-refractivity contribution in [3.63, 3.8) is 0 Å². The van der Waals surface area contributed by atoms with Crippen LogP contribution in [0.5, 0.6) is 0 Å². The van der Waals surface area contributed by atoms with Crippen molar-refractivity contribution >= 4 is 27.5 Å². The van der Waals surface area contributed by atoms with Crippen LogP contribution in [0.1, 0.15) is 23.1 Å². The van der Waals surface area contributed by atoms with Gasteiger partial charge in [0.15, 0.2) is 5.82 Å². The van der Waals surface area contributed by atoms with Crippen molar-refractivity contribution in [1.82, 2.24) is 20.1 Å². The number of aromatic nitrogens is 3. The van der Waals surface area contributed by atoms with Gasteiger partial charge in [-0.1, -0.05) is 0 Å². The summed E-state index contributed by atoms with van der Waals surface area (Å²) in [4.78, 5) is 22.3. The van der Waals surface area contributed by atoms with Crippen LogP contribution < -0.4 is 5.32 Å². The second-order valence-electron chi connectivity index (χ2n) is 4.14. The Kier molecular flexibility index (Phi) is 4.63. The quantitative estimate of drug-likeness (QED) is 0.653. The molecule has 1 amide bonds. The Morgan fingerprint density at radius 3 is 2.95 bits per heavy atom. The molecular formula is C12H12BrN5O3. The molecule has 0 aliphatic rings. The maximum Gasteiger partial charge on any atom is 0.284 e. The zero-order valence-electron chi connectivity index (χ0n) is 11.1. The standard InChI is InChI=1S/C12H12BrN5O3/c1-2-17-7-15-16-11(17)6-14-12(19)8-3-4-9(13)10(5-8)18(20)21/h3-5,7H,2,6H2,1H3,(H,14,19). The summed E-state index contributed by atoms with van der Waals surface area (Å²) in [5.41, 5.74) is 0.0619. The highest BCUT2D eigenvalue weighted by Gasteiger charge is 2.16. The molecule has 1 heterocycles. The van der Waals surface area contributed by atoms with Gasteiger partial charge < -0.3 is 9.88 Å². The lowest BCUT2D eigenvalue weighted by Crippen LogP contribution is -2.24. The first-order valence-electron chi connectivity index (χ1n) is 6.11. The first-order valence-corrected chi connectivity index (χ1v) is 6.91. The Morgan fingerprint density at radius 2 is 2.29 bits per heavy atom. The first-order chi connectivity index (χ1) is 10.0. The van der Waals surface area contributed by atoms with E-state index in [2.05, 4.69) is 31.4 Å². The number of carbonyl (C=O) groups is 1. The monoisotopic (exact) mass is 353 g/mol. The molecule has 0 saturated heterocycles. The number of halogens is 1. The smallest absolute Gasteiger partial charge is 0.284 e. The fourth-order valence-corrected chi connectivity index (χ4v) is 2.13. The number of hydrogen-bond donors (Lipinski definition) is 1. The lowest BCUT2D eigenvalue weighted by Gasteiger charge is -2.06. The minimum Gasteiger partial charge on any atom is -0.345 e. The SMILES string of the molecule is CCn1cnnc1CNC(=O)c1ccc(Br)c([N+](=O)[O-])c1. The van der Waals surface area contributed by atoms with Gasteiger partial charge in [-0.05, 0) is 35.0 Å². The summed E-state index contributed by atoms with van der Waals surface area (Å²) in [6.45, 7) is 2.84. The Morgan fingerprint density at radius 1 is 1.52 bits per heavy atom. The van der Waals surface area contributed by atoms with E-state index in [1.807, 2.05) is 6.92 Å². The van der Waals surface area contributed by atoms with Crippen molar-refractivity contribution in [2.45, 2.75) is 20.0 Å². The zero-order valence-corrected chi connectivity index (χ0v) is 12.7. The molecule has 0 fully saturated rings. The van der Waals surface area contributed by atoms with Crippen molar-refractivity contribution < 1.29 is 9.72 Å². The van der Waals surface area contributed by atoms with Crippen LogP contribution in [0.2, 0.25) is 0 Å². The van der Waals surface area contributed by atoms with Gasteiger partial charge in [0.1, 0.15) is 6.33 Å². The van der Waals surface area contributed by atoms with Crippen molar-refractivity contribution in [2.75, 3.05) is 0 Å². The van der Waals surface area contributed by atoms with Gasteiger partial charge in [0.25, 0.3) is 11.6 Å². The van der Waals surface area contributed by atoms with E-state index >= 15 is 0 Å². The molecule has 0 aliphatic heterocycles. The Labute approximate surface area is 128 Å². The maximum atomic E-state index is 12.0. The largest absolute Gasteiger partial charge is 0.345 e. The minimum absolute atomic E-state index is 0.153. The van der Waals surface area contributed by atoms with Crippen LogP contribution in [0.4, 0.5) is 5.69 Å². The predicted molar refractivity (Wildman–Crippen MR) is 77.7 cm³/mol. The highest BCUT2D eigenvalue weighted by atomic mass is 79.9. The molecule has 0 bridgehead atoms. The average molecular weight is 354 g/mol. The Balaban J connectivity index is 2.10. The van der Waals surface area contributed by atoms with E-state index in [9.17, 15) is 14.9 Å². The van der Waals surface area contributed by atoms with E-state index in [0.717, 1.165) is 0 Å². The molecule has 0 aliphatic carbocycles. The summed E-state index contributed by atoms with van der Waals surface area (Å²) >= 11 is 3.07. The van der Waals surface area contributed by atoms with Crippen molar-refractivity contribution in [2.24, 2.45) is 0 Å². The third kappa shape index (κ3) is 3.43. The number of nitro benzene ring substituents is 1. The molecule has 0 unspecified atom stereocenters. The molecular weight excluding hydrogens is 342 g/mol. The number of nitrogens with zero attached hydrogens (tertiary/aromatic N) is 4. The molecule has 0 atom stereocenters. The molecule has 9 heteroatoms. The van der Waals surface area contributed by atoms with Crippen LogP contribution in [-0.2, 0) is 13.1 Å². The topological polar surface area (TPSA) is 103 Å². The summed E-state index contributed by atoms with van der Waals surface area (Å²) < 4.78 is 2.12. The van der Waals surface area contributed by atoms with Crippen LogP contribution in [0.15, 0.2) is 29.0 Å². The van der Waals surface area contributed by atoms with Crippen LogP contribution >= 0.6 is 15.9 Å². The number of nitrogens with one attached hydrogen (secondary N) is 1. The summed E-state index contributed by atoms with van der Waals surface area (Å²) in [7, 11) is 0. The summed E-state index contributed by atoms with van der Waals surface area (Å²) in [6.07, 6.45) is 1.58. The molecule has 2 rings (SSSR count). The fourth-order valence-electron chi connectivity index (χ4n) is 1.74. The van der Waals surface area contributed by atoms with Crippen molar-refractivity contribution in [3.05, 3.63) is 50.5 Å². The normalized spacial score (nSPS) is 10.4. The van der Waals surface area contributed by atoms with Gasteiger partial charge >= 0.3 is 0 Å². The summed E-state index contributed by atoms with van der Waals surface area (Å²) in [5, 5.41) is 21.2. The molecule has 110 valence electrons. The van der Waals surface area contributed by atoms with E-state index in [1.165, 1.54) is 18.2 Å². The van der Waals surface area contributed by atoms with Crippen LogP contribution in [0, 0.1) is 10.1 Å². The second-order valence-corrected chi connectivity index (χ2v) is 4.99. The van der Waals surface area contributed by atoms with Gasteiger partial charge in [0.05, 0.1) is 15.9 Å². The molecule has 8 nitrogen and oxygen atoms in total. The van der Waals surface area contributed by atoms with Crippen LogP contribution in [0.3, 0.4) is 0 Å². The number of hydrogen-bond acceptors (Lipinski definition) is 5. The Bertz CT molecular complexity index is 685. The molecule has 1 aromatic heterocycles. The van der Waals surface area contributed by atoms with Gasteiger partial charge in [-0.25, -0.2) is 0 Å². The molecule has 0 saturated carbocycles. The lowest BCUT2D eigenvalue weighted by atomic mass is 10.2. The van der Waals surface area contributed by atoms with E-state index in [1.54, 1.807) is 10.9 Å². The van der Waals surface area contributed by atoms with Crippen molar-refractivity contribution in [3.8, 4) is 0 Å². The highest BCUT2D eigenvalue weighted by Crippen LogP contribution is 2.25. The fraction of sp³-hybridized carbons (Fsp3) is 0.250. The summed E-state index contributed by atoms with van der Waals surface area (Å²) in [6, 6.07) is 4.21. The summed E-state index contributed by atoms with van der Waals surface area (Å²) in [5.74, 6) is 0.216. The van der Waals surface area contributed by atoms with E-state index in [4.69, 9.17) is 0 Å². The molecule has 0 spiro atoms. The molecule has 0 radical (unpaired) electrons. The first kappa shape index (κ1) is 15.1. The zero-order chi connectivity index (χ0) is 15.4. The lowest BCUT2D eigenvalue weighted by molar-refractivity contribution is -0.385. The highest BCUT2D eigenvalue weighted by molar-refractivity contribution is 9.10. The molecule has 1 aromatic carbocycles. The van der Waals surface area contributed by atoms with E-state index in [0.29, 0.717) is 16.8 Å². The minimum atomic E-state index is -0.547. The van der Waals surface area contributed by atoms with Crippen molar-refractivity contribution in [1.29, 1.82) is 0 Å². The Hall–Kier alpha value is -2.29. The van der Waals surface area contributed by atoms with Gasteiger partial charge in [0, 0.05) is 18.2 Å². The van der Waals surface area contributed by atoms with E-state index in [-0.39, 0.29) is 17.8 Å². The average Bonchev–Trinajstić information content (AvgIpc) is 2.92. The number of carbonyl (C=O) groups excluding carboxylic acids is 1.